The van der Waals surface area contributed by atoms with Crippen molar-refractivity contribution in [3.63, 3.8) is 0 Å². The van der Waals surface area contributed by atoms with E-state index in [1.54, 1.807) is 13.2 Å². The monoisotopic (exact) mass is 505 g/mol. The van der Waals surface area contributed by atoms with Crippen LogP contribution in [0.3, 0.4) is 0 Å². The summed E-state index contributed by atoms with van der Waals surface area (Å²) in [5.41, 5.74) is 2.99. The second-order valence-corrected chi connectivity index (χ2v) is 9.03. The van der Waals surface area contributed by atoms with Crippen LogP contribution in [0.1, 0.15) is 30.7 Å². The Balaban J connectivity index is 1.26. The molecule has 0 aliphatic carbocycles. The number of benzene rings is 3. The molecule has 0 aliphatic heterocycles. The highest BCUT2D eigenvalue weighted by Crippen LogP contribution is 2.20. The number of aromatic nitrogens is 2. The lowest BCUT2D eigenvalue weighted by atomic mass is 10.1. The van der Waals surface area contributed by atoms with Gasteiger partial charge in [0, 0.05) is 30.6 Å². The van der Waals surface area contributed by atoms with E-state index in [2.05, 4.69) is 16.0 Å². The molecule has 0 aliphatic rings. The molecule has 0 radical (unpaired) electrons. The second-order valence-electron chi connectivity index (χ2n) is 8.62. The third kappa shape index (κ3) is 7.01. The van der Waals surface area contributed by atoms with E-state index in [1.807, 2.05) is 60.7 Å². The smallest absolute Gasteiger partial charge is 0.224 e. The van der Waals surface area contributed by atoms with Crippen LogP contribution in [0.2, 0.25) is 5.02 Å². The van der Waals surface area contributed by atoms with Crippen LogP contribution in [0.5, 0.6) is 11.5 Å². The third-order valence-corrected chi connectivity index (χ3v) is 6.40. The number of carbonyl (C=O) groups is 1. The summed E-state index contributed by atoms with van der Waals surface area (Å²) in [6, 6.07) is 23.3. The number of fused-ring (bicyclic) bond motifs is 1. The Morgan fingerprint density at radius 3 is 2.64 bits per heavy atom. The van der Waals surface area contributed by atoms with Gasteiger partial charge in [-0.05, 0) is 55.2 Å². The zero-order valence-corrected chi connectivity index (χ0v) is 21.3. The first-order valence-electron chi connectivity index (χ1n) is 12.3. The fourth-order valence-corrected chi connectivity index (χ4v) is 4.37. The van der Waals surface area contributed by atoms with E-state index in [-0.39, 0.29) is 12.3 Å². The number of ether oxygens (including phenoxy) is 2. The molecule has 1 heterocycles. The van der Waals surface area contributed by atoms with Crippen LogP contribution < -0.4 is 14.8 Å². The van der Waals surface area contributed by atoms with Crippen molar-refractivity contribution in [3.05, 3.63) is 89.2 Å². The van der Waals surface area contributed by atoms with Crippen molar-refractivity contribution in [1.29, 1.82) is 0 Å². The molecule has 1 N–H and O–H groups in total. The standard InChI is InChI=1S/C29H32ClN3O3/c1-35-23-11-8-12-24(21-23)36-19-7-6-18-33-27-15-5-4-14-26(27)32-28(33)16-9-17-31-29(34)20-22-10-2-3-13-25(22)30/h2-5,8,10-15,21H,6-7,9,16-20H2,1H3,(H,31,34). The summed E-state index contributed by atoms with van der Waals surface area (Å²) in [4.78, 5) is 17.2. The van der Waals surface area contributed by atoms with Crippen LogP contribution in [0, 0.1) is 0 Å². The summed E-state index contributed by atoms with van der Waals surface area (Å²) in [5.74, 6) is 2.64. The predicted octanol–water partition coefficient (Wildman–Crippen LogP) is 5.85. The molecule has 0 fully saturated rings. The molecule has 0 atom stereocenters. The highest BCUT2D eigenvalue weighted by atomic mass is 35.5. The van der Waals surface area contributed by atoms with Crippen molar-refractivity contribution in [3.8, 4) is 11.5 Å². The molecule has 4 aromatic rings. The second kappa shape index (κ2) is 13.0. The van der Waals surface area contributed by atoms with E-state index in [4.69, 9.17) is 26.1 Å². The molecule has 3 aromatic carbocycles. The number of unbranched alkanes of at least 4 members (excludes halogenated alkanes) is 1. The minimum Gasteiger partial charge on any atom is -0.497 e. The van der Waals surface area contributed by atoms with Crippen LogP contribution in [0.4, 0.5) is 0 Å². The Labute approximate surface area is 217 Å². The fraction of sp³-hybridized carbons (Fsp3) is 0.310. The first-order chi connectivity index (χ1) is 17.6. The maximum atomic E-state index is 12.3. The first kappa shape index (κ1) is 25.6. The highest BCUT2D eigenvalue weighted by molar-refractivity contribution is 6.31. The quantitative estimate of drug-likeness (QED) is 0.231. The van der Waals surface area contributed by atoms with E-state index in [9.17, 15) is 4.79 Å². The van der Waals surface area contributed by atoms with Gasteiger partial charge in [-0.3, -0.25) is 4.79 Å². The molecule has 188 valence electrons. The molecule has 1 aromatic heterocycles. The van der Waals surface area contributed by atoms with Crippen molar-refractivity contribution < 1.29 is 14.3 Å². The van der Waals surface area contributed by atoms with Gasteiger partial charge in [0.25, 0.3) is 0 Å². The minimum absolute atomic E-state index is 0.0207. The van der Waals surface area contributed by atoms with E-state index in [0.29, 0.717) is 18.2 Å². The maximum Gasteiger partial charge on any atom is 0.224 e. The van der Waals surface area contributed by atoms with E-state index in [0.717, 1.165) is 66.1 Å². The Hall–Kier alpha value is -3.51. The van der Waals surface area contributed by atoms with E-state index >= 15 is 0 Å². The van der Waals surface area contributed by atoms with E-state index in [1.165, 1.54) is 0 Å². The van der Waals surface area contributed by atoms with Crippen LogP contribution in [-0.2, 0) is 24.2 Å². The molecule has 1 amide bonds. The zero-order chi connectivity index (χ0) is 25.2. The molecular weight excluding hydrogens is 474 g/mol. The number of halogens is 1. The molecule has 0 saturated carbocycles. The summed E-state index contributed by atoms with van der Waals surface area (Å²) in [6.45, 7) is 2.11. The lowest BCUT2D eigenvalue weighted by Crippen LogP contribution is -2.26. The van der Waals surface area contributed by atoms with Crippen molar-refractivity contribution in [1.82, 2.24) is 14.9 Å². The van der Waals surface area contributed by atoms with Crippen LogP contribution in [0.25, 0.3) is 11.0 Å². The maximum absolute atomic E-state index is 12.3. The van der Waals surface area contributed by atoms with Gasteiger partial charge in [-0.2, -0.15) is 0 Å². The van der Waals surface area contributed by atoms with Gasteiger partial charge in [0.05, 0.1) is 31.2 Å². The molecular formula is C29H32ClN3O3. The van der Waals surface area contributed by atoms with Crippen molar-refractivity contribution in [2.24, 2.45) is 0 Å². The molecule has 0 spiro atoms. The summed E-state index contributed by atoms with van der Waals surface area (Å²) in [5, 5.41) is 3.63. The lowest BCUT2D eigenvalue weighted by molar-refractivity contribution is -0.120. The lowest BCUT2D eigenvalue weighted by Gasteiger charge is -2.11. The summed E-state index contributed by atoms with van der Waals surface area (Å²) in [6.07, 6.45) is 3.81. The largest absolute Gasteiger partial charge is 0.497 e. The average molecular weight is 506 g/mol. The number of nitrogens with one attached hydrogen (secondary N) is 1. The van der Waals surface area contributed by atoms with Gasteiger partial charge >= 0.3 is 0 Å². The number of carbonyl (C=O) groups excluding carboxylic acids is 1. The van der Waals surface area contributed by atoms with Crippen LogP contribution >= 0.6 is 11.6 Å². The number of hydrogen-bond donors (Lipinski definition) is 1. The van der Waals surface area contributed by atoms with Crippen molar-refractivity contribution in [2.45, 2.75) is 38.6 Å². The number of imidazole rings is 1. The Morgan fingerprint density at radius 1 is 0.972 bits per heavy atom. The molecule has 0 unspecified atom stereocenters. The minimum atomic E-state index is -0.0207. The van der Waals surface area contributed by atoms with Gasteiger partial charge < -0.3 is 19.4 Å². The summed E-state index contributed by atoms with van der Waals surface area (Å²) < 4.78 is 13.4. The number of amides is 1. The normalized spacial score (nSPS) is 10.9. The average Bonchev–Trinajstić information content (AvgIpc) is 3.25. The van der Waals surface area contributed by atoms with Gasteiger partial charge in [0.1, 0.15) is 17.3 Å². The van der Waals surface area contributed by atoms with Gasteiger partial charge in [-0.25, -0.2) is 4.98 Å². The Kier molecular flexibility index (Phi) is 9.22. The summed E-state index contributed by atoms with van der Waals surface area (Å²) in [7, 11) is 1.65. The topological polar surface area (TPSA) is 65.4 Å². The fourth-order valence-electron chi connectivity index (χ4n) is 4.17. The van der Waals surface area contributed by atoms with Crippen molar-refractivity contribution >= 4 is 28.5 Å². The van der Waals surface area contributed by atoms with Crippen molar-refractivity contribution in [2.75, 3.05) is 20.3 Å². The molecule has 4 rings (SSSR count). The summed E-state index contributed by atoms with van der Waals surface area (Å²) >= 11 is 6.17. The molecule has 7 heteroatoms. The molecule has 0 bridgehead atoms. The van der Waals surface area contributed by atoms with Crippen LogP contribution in [-0.4, -0.2) is 35.7 Å². The Morgan fingerprint density at radius 2 is 1.78 bits per heavy atom. The third-order valence-electron chi connectivity index (χ3n) is 6.03. The van der Waals surface area contributed by atoms with Gasteiger partial charge in [-0.15, -0.1) is 0 Å². The highest BCUT2D eigenvalue weighted by Gasteiger charge is 2.11. The number of aryl methyl sites for hydroxylation is 2. The first-order valence-corrected chi connectivity index (χ1v) is 12.7. The SMILES string of the molecule is COc1cccc(OCCCCn2c(CCCNC(=O)Cc3ccccc3Cl)nc3ccccc32)c1. The molecule has 36 heavy (non-hydrogen) atoms. The number of methoxy groups -OCH3 is 1. The predicted molar refractivity (Wildman–Crippen MR) is 144 cm³/mol. The number of hydrogen-bond acceptors (Lipinski definition) is 4. The Bertz CT molecular complexity index is 1290. The van der Waals surface area contributed by atoms with Gasteiger partial charge in [0.2, 0.25) is 5.91 Å². The van der Waals surface area contributed by atoms with E-state index < -0.39 is 0 Å². The van der Waals surface area contributed by atoms with Gasteiger partial charge in [0.15, 0.2) is 0 Å². The number of para-hydroxylation sites is 2. The zero-order valence-electron chi connectivity index (χ0n) is 20.6. The number of rotatable bonds is 13. The van der Waals surface area contributed by atoms with Gasteiger partial charge in [-0.1, -0.05) is 48.0 Å². The molecule has 6 nitrogen and oxygen atoms in total. The van der Waals surface area contributed by atoms with Crippen LogP contribution in [0.15, 0.2) is 72.8 Å². The molecule has 0 saturated heterocycles. The number of nitrogens with zero attached hydrogens (tertiary/aromatic N) is 2.